The second-order valence-corrected chi connectivity index (χ2v) is 8.94. The minimum atomic E-state index is -0.353. The maximum absolute atomic E-state index is 13.4. The van der Waals surface area contributed by atoms with Crippen molar-refractivity contribution in [1.29, 1.82) is 0 Å². The van der Waals surface area contributed by atoms with Crippen LogP contribution in [0.4, 0.5) is 4.39 Å². The highest BCUT2D eigenvalue weighted by Crippen LogP contribution is 2.27. The van der Waals surface area contributed by atoms with E-state index in [1.54, 1.807) is 34.0 Å². The van der Waals surface area contributed by atoms with Gasteiger partial charge in [0.25, 0.3) is 5.91 Å². The van der Waals surface area contributed by atoms with Crippen molar-refractivity contribution in [2.45, 2.75) is 19.4 Å². The lowest BCUT2D eigenvalue weighted by atomic mass is 9.96. The molecule has 10 heteroatoms. The lowest BCUT2D eigenvalue weighted by Crippen LogP contribution is -2.43. The lowest BCUT2D eigenvalue weighted by Gasteiger charge is -2.30. The van der Waals surface area contributed by atoms with Crippen LogP contribution in [0.15, 0.2) is 64.6 Å². The van der Waals surface area contributed by atoms with Crippen molar-refractivity contribution >= 4 is 23.2 Å². The van der Waals surface area contributed by atoms with Crippen LogP contribution >= 0.6 is 11.3 Å². The minimum absolute atomic E-state index is 0.0396. The van der Waals surface area contributed by atoms with E-state index >= 15 is 0 Å². The Morgan fingerprint density at radius 2 is 1.91 bits per heavy atom. The molecule has 1 N–H and O–H groups in total. The highest BCUT2D eigenvalue weighted by molar-refractivity contribution is 7.13. The third kappa shape index (κ3) is 4.62. The smallest absolute Gasteiger partial charge is 0.293 e. The monoisotopic (exact) mass is 479 g/mol. The van der Waals surface area contributed by atoms with Crippen molar-refractivity contribution in [3.8, 4) is 16.4 Å². The topological polar surface area (TPSA) is 93.3 Å². The van der Waals surface area contributed by atoms with Gasteiger partial charge in [-0.25, -0.2) is 14.1 Å². The van der Waals surface area contributed by atoms with Crippen molar-refractivity contribution in [2.24, 2.45) is 5.92 Å². The van der Waals surface area contributed by atoms with Gasteiger partial charge in [0, 0.05) is 19.0 Å². The number of hydrogen-bond donors (Lipinski definition) is 1. The van der Waals surface area contributed by atoms with E-state index in [-0.39, 0.29) is 29.4 Å². The van der Waals surface area contributed by atoms with Crippen LogP contribution in [0.25, 0.3) is 16.4 Å². The molecule has 0 aliphatic carbocycles. The standard InChI is InChI=1S/C24H22FN5O3S/c25-17-5-7-18(8-6-17)30-22(20-4-2-14-34-20)27-21(28-30)24(32)29-11-9-16(10-12-29)23(31)26-15-19-3-1-13-33-19/h1-8,13-14,16H,9-12,15H2,(H,26,31). The van der Waals surface area contributed by atoms with Crippen molar-refractivity contribution < 1.29 is 18.4 Å². The summed E-state index contributed by atoms with van der Waals surface area (Å²) < 4.78 is 20.2. The van der Waals surface area contributed by atoms with E-state index in [1.165, 1.54) is 23.5 Å². The Bertz CT molecular complexity index is 1260. The molecule has 0 unspecified atom stereocenters. The maximum atomic E-state index is 13.4. The lowest BCUT2D eigenvalue weighted by molar-refractivity contribution is -0.126. The van der Waals surface area contributed by atoms with Crippen molar-refractivity contribution in [1.82, 2.24) is 25.0 Å². The summed E-state index contributed by atoms with van der Waals surface area (Å²) in [6, 6.07) is 13.3. The summed E-state index contributed by atoms with van der Waals surface area (Å²) in [5, 5.41) is 9.27. The van der Waals surface area contributed by atoms with Crippen LogP contribution < -0.4 is 5.32 Å². The molecule has 1 aliphatic rings. The van der Waals surface area contributed by atoms with E-state index in [0.29, 0.717) is 49.7 Å². The first-order chi connectivity index (χ1) is 16.6. The van der Waals surface area contributed by atoms with Gasteiger partial charge in [0.1, 0.15) is 11.6 Å². The largest absolute Gasteiger partial charge is 0.467 e. The van der Waals surface area contributed by atoms with E-state index < -0.39 is 0 Å². The van der Waals surface area contributed by atoms with Crippen LogP contribution in [0.3, 0.4) is 0 Å². The Morgan fingerprint density at radius 1 is 1.12 bits per heavy atom. The van der Waals surface area contributed by atoms with Crippen molar-refractivity contribution in [2.75, 3.05) is 13.1 Å². The van der Waals surface area contributed by atoms with E-state index in [4.69, 9.17) is 4.42 Å². The van der Waals surface area contributed by atoms with Crippen molar-refractivity contribution in [3.05, 3.63) is 77.6 Å². The Morgan fingerprint density at radius 3 is 2.59 bits per heavy atom. The number of thiophene rings is 1. The minimum Gasteiger partial charge on any atom is -0.467 e. The van der Waals surface area contributed by atoms with Gasteiger partial charge < -0.3 is 14.6 Å². The first kappa shape index (κ1) is 22.0. The summed E-state index contributed by atoms with van der Waals surface area (Å²) >= 11 is 1.48. The average Bonchev–Trinajstić information content (AvgIpc) is 3.64. The van der Waals surface area contributed by atoms with Gasteiger partial charge >= 0.3 is 0 Å². The number of nitrogens with one attached hydrogen (secondary N) is 1. The molecule has 1 fully saturated rings. The van der Waals surface area contributed by atoms with Crippen LogP contribution in [0.1, 0.15) is 29.2 Å². The highest BCUT2D eigenvalue weighted by atomic mass is 32.1. The number of amides is 2. The van der Waals surface area contributed by atoms with Gasteiger partial charge in [-0.3, -0.25) is 9.59 Å². The zero-order chi connectivity index (χ0) is 23.5. The Kier molecular flexibility index (Phi) is 6.22. The molecule has 4 heterocycles. The Hall–Kier alpha value is -3.79. The third-order valence-corrected chi connectivity index (χ3v) is 6.65. The molecule has 174 valence electrons. The quantitative estimate of drug-likeness (QED) is 0.453. The SMILES string of the molecule is O=C(NCc1ccco1)C1CCN(C(=O)c2nc(-c3cccs3)n(-c3ccc(F)cc3)n2)CC1. The number of halogens is 1. The van der Waals surface area contributed by atoms with Gasteiger partial charge in [0.2, 0.25) is 11.7 Å². The van der Waals surface area contributed by atoms with Gasteiger partial charge in [0.05, 0.1) is 23.4 Å². The predicted octanol–water partition coefficient (Wildman–Crippen LogP) is 3.90. The van der Waals surface area contributed by atoms with Gasteiger partial charge in [-0.1, -0.05) is 6.07 Å². The molecule has 3 aromatic heterocycles. The maximum Gasteiger partial charge on any atom is 0.293 e. The van der Waals surface area contributed by atoms with E-state index in [9.17, 15) is 14.0 Å². The fraction of sp³-hybridized carbons (Fsp3) is 0.250. The molecular formula is C24H22FN5O3S. The van der Waals surface area contributed by atoms with Crippen LogP contribution in [0, 0.1) is 11.7 Å². The molecule has 1 aliphatic heterocycles. The summed E-state index contributed by atoms with van der Waals surface area (Å²) in [5.74, 6) is 0.463. The summed E-state index contributed by atoms with van der Waals surface area (Å²) in [7, 11) is 0. The molecular weight excluding hydrogens is 457 g/mol. The molecule has 0 atom stereocenters. The third-order valence-electron chi connectivity index (χ3n) is 5.78. The van der Waals surface area contributed by atoms with Crippen LogP contribution in [-0.2, 0) is 11.3 Å². The zero-order valence-corrected chi connectivity index (χ0v) is 19.0. The Balaban J connectivity index is 1.28. The number of benzene rings is 1. The number of rotatable bonds is 6. The molecule has 34 heavy (non-hydrogen) atoms. The van der Waals surface area contributed by atoms with Crippen LogP contribution in [0.2, 0.25) is 0 Å². The second kappa shape index (κ2) is 9.60. The highest BCUT2D eigenvalue weighted by Gasteiger charge is 2.30. The summed E-state index contributed by atoms with van der Waals surface area (Å²) in [5.41, 5.74) is 0.614. The molecule has 5 rings (SSSR count). The average molecular weight is 480 g/mol. The molecule has 1 saturated heterocycles. The summed E-state index contributed by atoms with van der Waals surface area (Å²) in [6.45, 7) is 1.23. The predicted molar refractivity (Wildman–Crippen MR) is 124 cm³/mol. The van der Waals surface area contributed by atoms with Crippen molar-refractivity contribution in [3.63, 3.8) is 0 Å². The van der Waals surface area contributed by atoms with Crippen LogP contribution in [0.5, 0.6) is 0 Å². The normalized spacial score (nSPS) is 14.3. The molecule has 0 bridgehead atoms. The fourth-order valence-corrected chi connectivity index (χ4v) is 4.65. The number of piperidine rings is 1. The number of nitrogens with zero attached hydrogens (tertiary/aromatic N) is 4. The number of carbonyl (C=O) groups excluding carboxylic acids is 2. The van der Waals surface area contributed by atoms with E-state index in [1.807, 2.05) is 23.6 Å². The number of furan rings is 1. The molecule has 0 spiro atoms. The summed E-state index contributed by atoms with van der Waals surface area (Å²) in [6.07, 6.45) is 2.69. The van der Waals surface area contributed by atoms with E-state index in [0.717, 1.165) is 4.88 Å². The van der Waals surface area contributed by atoms with Crippen LogP contribution in [-0.4, -0.2) is 44.6 Å². The van der Waals surface area contributed by atoms with Gasteiger partial charge in [0.15, 0.2) is 5.82 Å². The molecule has 1 aromatic carbocycles. The van der Waals surface area contributed by atoms with Gasteiger partial charge in [-0.2, -0.15) is 0 Å². The van der Waals surface area contributed by atoms with Gasteiger partial charge in [-0.05, 0) is 60.7 Å². The number of aromatic nitrogens is 3. The van der Waals surface area contributed by atoms with Gasteiger partial charge in [-0.15, -0.1) is 16.4 Å². The fourth-order valence-electron chi connectivity index (χ4n) is 3.95. The number of carbonyl (C=O) groups is 2. The zero-order valence-electron chi connectivity index (χ0n) is 18.2. The first-order valence-electron chi connectivity index (χ1n) is 10.9. The first-order valence-corrected chi connectivity index (χ1v) is 11.8. The number of hydrogen-bond acceptors (Lipinski definition) is 6. The van der Waals surface area contributed by atoms with E-state index in [2.05, 4.69) is 15.4 Å². The molecule has 0 saturated carbocycles. The second-order valence-electron chi connectivity index (χ2n) is 7.99. The summed E-state index contributed by atoms with van der Waals surface area (Å²) in [4.78, 5) is 32.7. The Labute approximate surface area is 199 Å². The molecule has 0 radical (unpaired) electrons. The molecule has 8 nitrogen and oxygen atoms in total. The molecule has 4 aromatic rings. The number of likely N-dealkylation sites (tertiary alicyclic amines) is 1. The molecule has 2 amide bonds.